The van der Waals surface area contributed by atoms with Gasteiger partial charge in [0.25, 0.3) is 0 Å². The first-order valence-electron chi connectivity index (χ1n) is 6.12. The Balaban J connectivity index is 2.74. The molecule has 3 nitrogen and oxygen atoms in total. The number of likely N-dealkylation sites (N-methyl/N-ethyl adjacent to an activating group) is 1. The molecule has 1 aromatic carbocycles. The summed E-state index contributed by atoms with van der Waals surface area (Å²) in [6, 6.07) is 8.14. The minimum Gasteiger partial charge on any atom is -0.343 e. The molecule has 0 spiro atoms. The Labute approximate surface area is 104 Å². The fourth-order valence-electron chi connectivity index (χ4n) is 1.74. The molecule has 0 bridgehead atoms. The molecule has 0 aliphatic rings. The van der Waals surface area contributed by atoms with Gasteiger partial charge in [-0.3, -0.25) is 4.79 Å². The molecule has 0 radical (unpaired) electrons. The summed E-state index contributed by atoms with van der Waals surface area (Å²) < 4.78 is 0. The fraction of sp³-hybridized carbons (Fsp3) is 0.500. The van der Waals surface area contributed by atoms with Crippen molar-refractivity contribution in [3.8, 4) is 0 Å². The van der Waals surface area contributed by atoms with E-state index < -0.39 is 0 Å². The van der Waals surface area contributed by atoms with Gasteiger partial charge in [-0.15, -0.1) is 0 Å². The van der Waals surface area contributed by atoms with Gasteiger partial charge in [0.1, 0.15) is 0 Å². The Bertz CT molecular complexity index is 376. The molecule has 0 aliphatic carbocycles. The first kappa shape index (κ1) is 13.7. The van der Waals surface area contributed by atoms with E-state index in [0.29, 0.717) is 13.0 Å². The van der Waals surface area contributed by atoms with Gasteiger partial charge >= 0.3 is 0 Å². The van der Waals surface area contributed by atoms with E-state index in [2.05, 4.69) is 13.8 Å². The van der Waals surface area contributed by atoms with Crippen molar-refractivity contribution < 1.29 is 4.79 Å². The van der Waals surface area contributed by atoms with Crippen LogP contribution in [0.4, 0.5) is 0 Å². The number of benzene rings is 1. The Hall–Kier alpha value is -1.35. The largest absolute Gasteiger partial charge is 0.343 e. The summed E-state index contributed by atoms with van der Waals surface area (Å²) >= 11 is 0. The number of amides is 1. The number of nitrogens with zero attached hydrogens (tertiary/aromatic N) is 1. The summed E-state index contributed by atoms with van der Waals surface area (Å²) in [5.74, 6) is 0.153. The van der Waals surface area contributed by atoms with Crippen molar-refractivity contribution in [1.29, 1.82) is 0 Å². The van der Waals surface area contributed by atoms with Crippen molar-refractivity contribution in [1.82, 2.24) is 4.90 Å². The standard InChI is InChI=1S/C14H22N2O/c1-4-11(2)16(3)14(17)9-12-7-5-6-8-13(12)10-15/h5-8,11H,4,9-10,15H2,1-3H3. The maximum Gasteiger partial charge on any atom is 0.226 e. The van der Waals surface area contributed by atoms with Gasteiger partial charge in [-0.1, -0.05) is 31.2 Å². The lowest BCUT2D eigenvalue weighted by atomic mass is 10.0. The van der Waals surface area contributed by atoms with E-state index in [1.165, 1.54) is 0 Å². The molecule has 1 atom stereocenters. The molecule has 0 fully saturated rings. The van der Waals surface area contributed by atoms with Crippen LogP contribution in [0.5, 0.6) is 0 Å². The molecule has 3 heteroatoms. The van der Waals surface area contributed by atoms with Crippen LogP contribution < -0.4 is 5.73 Å². The minimum atomic E-state index is 0.153. The third-order valence-corrected chi connectivity index (χ3v) is 3.33. The van der Waals surface area contributed by atoms with Crippen LogP contribution in [-0.4, -0.2) is 23.9 Å². The van der Waals surface area contributed by atoms with Gasteiger partial charge in [-0.2, -0.15) is 0 Å². The summed E-state index contributed by atoms with van der Waals surface area (Å²) in [6.07, 6.45) is 1.41. The van der Waals surface area contributed by atoms with Crippen LogP contribution in [0.1, 0.15) is 31.4 Å². The molecule has 1 rings (SSSR count). The van der Waals surface area contributed by atoms with Crippen molar-refractivity contribution in [2.24, 2.45) is 5.73 Å². The van der Waals surface area contributed by atoms with E-state index in [1.54, 1.807) is 0 Å². The van der Waals surface area contributed by atoms with E-state index in [0.717, 1.165) is 17.5 Å². The van der Waals surface area contributed by atoms with Gasteiger partial charge < -0.3 is 10.6 Å². The Morgan fingerprint density at radius 3 is 2.47 bits per heavy atom. The second kappa shape index (κ2) is 6.40. The first-order chi connectivity index (χ1) is 8.10. The fourth-order valence-corrected chi connectivity index (χ4v) is 1.74. The lowest BCUT2D eigenvalue weighted by Crippen LogP contribution is -2.35. The average Bonchev–Trinajstić information content (AvgIpc) is 2.37. The molecule has 1 aromatic rings. The third kappa shape index (κ3) is 3.56. The Kier molecular flexibility index (Phi) is 5.16. The molecule has 1 unspecified atom stereocenters. The molecule has 0 aliphatic heterocycles. The van der Waals surface area contributed by atoms with E-state index in [-0.39, 0.29) is 11.9 Å². The lowest BCUT2D eigenvalue weighted by Gasteiger charge is -2.24. The van der Waals surface area contributed by atoms with Gasteiger partial charge in [-0.25, -0.2) is 0 Å². The summed E-state index contributed by atoms with van der Waals surface area (Å²) in [6.45, 7) is 4.63. The molecule has 17 heavy (non-hydrogen) atoms. The maximum atomic E-state index is 12.1. The maximum absolute atomic E-state index is 12.1. The van der Waals surface area contributed by atoms with Crippen LogP contribution in [0.3, 0.4) is 0 Å². The lowest BCUT2D eigenvalue weighted by molar-refractivity contribution is -0.131. The van der Waals surface area contributed by atoms with Crippen LogP contribution in [0.25, 0.3) is 0 Å². The van der Waals surface area contributed by atoms with Gasteiger partial charge in [0, 0.05) is 19.6 Å². The van der Waals surface area contributed by atoms with Crippen LogP contribution in [-0.2, 0) is 17.8 Å². The zero-order valence-electron chi connectivity index (χ0n) is 10.9. The number of carbonyl (C=O) groups is 1. The number of hydrogen-bond acceptors (Lipinski definition) is 2. The predicted octanol–water partition coefficient (Wildman–Crippen LogP) is 1.94. The Morgan fingerprint density at radius 1 is 1.35 bits per heavy atom. The van der Waals surface area contributed by atoms with Gasteiger partial charge in [0.15, 0.2) is 0 Å². The molecule has 0 aromatic heterocycles. The number of hydrogen-bond donors (Lipinski definition) is 1. The molecule has 0 saturated heterocycles. The minimum absolute atomic E-state index is 0.153. The van der Waals surface area contributed by atoms with E-state index in [1.807, 2.05) is 36.2 Å². The van der Waals surface area contributed by atoms with Crippen molar-refractivity contribution in [2.45, 2.75) is 39.3 Å². The molecular formula is C14H22N2O. The van der Waals surface area contributed by atoms with Crippen LogP contribution in [0, 0.1) is 0 Å². The zero-order chi connectivity index (χ0) is 12.8. The van der Waals surface area contributed by atoms with Gasteiger partial charge in [-0.05, 0) is 24.5 Å². The second-order valence-corrected chi connectivity index (χ2v) is 4.41. The molecule has 0 heterocycles. The second-order valence-electron chi connectivity index (χ2n) is 4.41. The smallest absolute Gasteiger partial charge is 0.226 e. The first-order valence-corrected chi connectivity index (χ1v) is 6.12. The number of rotatable bonds is 5. The SMILES string of the molecule is CCC(C)N(C)C(=O)Cc1ccccc1CN. The highest BCUT2D eigenvalue weighted by Crippen LogP contribution is 2.11. The van der Waals surface area contributed by atoms with E-state index in [4.69, 9.17) is 5.73 Å². The highest BCUT2D eigenvalue weighted by atomic mass is 16.2. The number of nitrogens with two attached hydrogens (primary N) is 1. The topological polar surface area (TPSA) is 46.3 Å². The van der Waals surface area contributed by atoms with Gasteiger partial charge in [0.05, 0.1) is 6.42 Å². The van der Waals surface area contributed by atoms with Crippen LogP contribution in [0.2, 0.25) is 0 Å². The average molecular weight is 234 g/mol. The molecule has 1 amide bonds. The van der Waals surface area contributed by atoms with E-state index >= 15 is 0 Å². The van der Waals surface area contributed by atoms with Crippen LogP contribution in [0.15, 0.2) is 24.3 Å². The summed E-state index contributed by atoms with van der Waals surface area (Å²) in [4.78, 5) is 13.9. The quantitative estimate of drug-likeness (QED) is 0.846. The van der Waals surface area contributed by atoms with E-state index in [9.17, 15) is 4.79 Å². The van der Waals surface area contributed by atoms with Crippen molar-refractivity contribution >= 4 is 5.91 Å². The summed E-state index contributed by atoms with van der Waals surface area (Å²) in [5.41, 5.74) is 7.75. The third-order valence-electron chi connectivity index (χ3n) is 3.33. The van der Waals surface area contributed by atoms with Crippen molar-refractivity contribution in [3.63, 3.8) is 0 Å². The molecular weight excluding hydrogens is 212 g/mol. The summed E-state index contributed by atoms with van der Waals surface area (Å²) in [7, 11) is 1.86. The predicted molar refractivity (Wildman–Crippen MR) is 70.6 cm³/mol. The normalized spacial score (nSPS) is 12.2. The molecule has 0 saturated carbocycles. The Morgan fingerprint density at radius 2 is 1.94 bits per heavy atom. The highest BCUT2D eigenvalue weighted by Gasteiger charge is 2.15. The van der Waals surface area contributed by atoms with Crippen LogP contribution >= 0.6 is 0 Å². The molecule has 2 N–H and O–H groups in total. The van der Waals surface area contributed by atoms with Gasteiger partial charge in [0.2, 0.25) is 5.91 Å². The monoisotopic (exact) mass is 234 g/mol. The highest BCUT2D eigenvalue weighted by molar-refractivity contribution is 5.79. The molecule has 94 valence electrons. The summed E-state index contributed by atoms with van der Waals surface area (Å²) in [5, 5.41) is 0. The van der Waals surface area contributed by atoms with Crippen molar-refractivity contribution in [3.05, 3.63) is 35.4 Å². The van der Waals surface area contributed by atoms with Crippen molar-refractivity contribution in [2.75, 3.05) is 7.05 Å². The number of carbonyl (C=O) groups excluding carboxylic acids is 1. The zero-order valence-corrected chi connectivity index (χ0v) is 10.9.